The molecule has 5 rings (SSSR count). The Kier molecular flexibility index (Phi) is 7.67. The number of benzene rings is 3. The summed E-state index contributed by atoms with van der Waals surface area (Å²) < 4.78 is 27.7. The Labute approximate surface area is 229 Å². The van der Waals surface area contributed by atoms with Gasteiger partial charge >= 0.3 is 0 Å². The van der Waals surface area contributed by atoms with E-state index < -0.39 is 5.91 Å². The molecule has 0 radical (unpaired) electrons. The SMILES string of the molecule is COc1cc(/C=C2\SC(=O)N(Cc3cc4c(cc3Cl)OCO4)C2=O)ccc1OCCOc1ccc(C)cc1. The van der Waals surface area contributed by atoms with E-state index in [-0.39, 0.29) is 18.6 Å². The van der Waals surface area contributed by atoms with Crippen LogP contribution in [0.4, 0.5) is 4.79 Å². The molecule has 2 heterocycles. The number of thioether (sulfide) groups is 1. The van der Waals surface area contributed by atoms with Gasteiger partial charge in [-0.2, -0.15) is 0 Å². The second-order valence-corrected chi connectivity index (χ2v) is 9.89. The molecule has 3 aromatic rings. The zero-order valence-electron chi connectivity index (χ0n) is 20.7. The average Bonchev–Trinajstić information content (AvgIpc) is 3.47. The fourth-order valence-electron chi connectivity index (χ4n) is 3.88. The van der Waals surface area contributed by atoms with Gasteiger partial charge in [-0.25, -0.2) is 0 Å². The van der Waals surface area contributed by atoms with Crippen LogP contribution in [0.1, 0.15) is 16.7 Å². The molecule has 38 heavy (non-hydrogen) atoms. The summed E-state index contributed by atoms with van der Waals surface area (Å²) in [4.78, 5) is 27.2. The first-order chi connectivity index (χ1) is 18.4. The molecule has 10 heteroatoms. The molecule has 196 valence electrons. The van der Waals surface area contributed by atoms with Crippen LogP contribution in [0.2, 0.25) is 5.02 Å². The Morgan fingerprint density at radius 3 is 2.47 bits per heavy atom. The zero-order valence-corrected chi connectivity index (χ0v) is 22.3. The number of ether oxygens (including phenoxy) is 5. The van der Waals surface area contributed by atoms with Gasteiger partial charge in [0.2, 0.25) is 6.79 Å². The van der Waals surface area contributed by atoms with Crippen molar-refractivity contribution in [2.45, 2.75) is 13.5 Å². The number of amides is 2. The molecule has 1 saturated heterocycles. The lowest BCUT2D eigenvalue weighted by Gasteiger charge is -2.14. The van der Waals surface area contributed by atoms with Crippen molar-refractivity contribution in [3.8, 4) is 28.7 Å². The van der Waals surface area contributed by atoms with Crippen LogP contribution in [0.5, 0.6) is 28.7 Å². The molecule has 2 amide bonds. The summed E-state index contributed by atoms with van der Waals surface area (Å²) in [7, 11) is 1.54. The predicted molar refractivity (Wildman–Crippen MR) is 144 cm³/mol. The van der Waals surface area contributed by atoms with E-state index in [9.17, 15) is 9.59 Å². The highest BCUT2D eigenvalue weighted by Crippen LogP contribution is 2.40. The first kappa shape index (κ1) is 25.8. The van der Waals surface area contributed by atoms with E-state index in [0.29, 0.717) is 57.3 Å². The number of rotatable bonds is 9. The number of carbonyl (C=O) groups excluding carboxylic acids is 2. The third kappa shape index (κ3) is 5.69. The minimum absolute atomic E-state index is 0.0260. The standard InChI is InChI=1S/C28H24ClNO7S/c1-17-3-6-20(7-4-17)34-9-10-35-22-8-5-18(11-23(22)33-2)12-26-27(31)30(28(32)38-26)15-19-13-24-25(14-21(19)29)37-16-36-24/h3-8,11-14H,9-10,15-16H2,1-2H3/b26-12-. The molecule has 3 aromatic carbocycles. The van der Waals surface area contributed by atoms with Crippen LogP contribution in [0.3, 0.4) is 0 Å². The van der Waals surface area contributed by atoms with Crippen molar-refractivity contribution in [1.29, 1.82) is 0 Å². The maximum Gasteiger partial charge on any atom is 0.293 e. The molecule has 0 spiro atoms. The highest BCUT2D eigenvalue weighted by Gasteiger charge is 2.35. The minimum atomic E-state index is -0.402. The van der Waals surface area contributed by atoms with Crippen molar-refractivity contribution in [3.63, 3.8) is 0 Å². The summed E-state index contributed by atoms with van der Waals surface area (Å²) in [5.41, 5.74) is 2.45. The summed E-state index contributed by atoms with van der Waals surface area (Å²) in [5, 5.41) is 0.0114. The topological polar surface area (TPSA) is 83.5 Å². The summed E-state index contributed by atoms with van der Waals surface area (Å²) in [6, 6.07) is 16.4. The van der Waals surface area contributed by atoms with Crippen molar-refractivity contribution >= 4 is 40.6 Å². The van der Waals surface area contributed by atoms with Crippen LogP contribution >= 0.6 is 23.4 Å². The van der Waals surface area contributed by atoms with E-state index in [1.807, 2.05) is 31.2 Å². The molecule has 0 aliphatic carbocycles. The maximum absolute atomic E-state index is 13.0. The highest BCUT2D eigenvalue weighted by molar-refractivity contribution is 8.18. The van der Waals surface area contributed by atoms with Crippen molar-refractivity contribution in [2.75, 3.05) is 27.1 Å². The first-order valence-corrected chi connectivity index (χ1v) is 12.9. The van der Waals surface area contributed by atoms with Crippen LogP contribution in [-0.2, 0) is 11.3 Å². The highest BCUT2D eigenvalue weighted by atomic mass is 35.5. The Bertz CT molecular complexity index is 1410. The third-order valence-corrected chi connectivity index (χ3v) is 7.12. The zero-order chi connectivity index (χ0) is 26.6. The largest absolute Gasteiger partial charge is 0.493 e. The van der Waals surface area contributed by atoms with Crippen LogP contribution in [0, 0.1) is 6.92 Å². The minimum Gasteiger partial charge on any atom is -0.493 e. The van der Waals surface area contributed by atoms with Gasteiger partial charge < -0.3 is 23.7 Å². The normalized spacial score (nSPS) is 15.3. The monoisotopic (exact) mass is 553 g/mol. The molecule has 0 N–H and O–H groups in total. The van der Waals surface area contributed by atoms with E-state index in [0.717, 1.165) is 28.0 Å². The number of carbonyl (C=O) groups is 2. The number of halogens is 1. The summed E-state index contributed by atoms with van der Waals surface area (Å²) in [5.74, 6) is 2.48. The second kappa shape index (κ2) is 11.3. The molecule has 2 aliphatic rings. The van der Waals surface area contributed by atoms with Crippen LogP contribution in [0.25, 0.3) is 6.08 Å². The summed E-state index contributed by atoms with van der Waals surface area (Å²) >= 11 is 7.21. The van der Waals surface area contributed by atoms with E-state index in [1.165, 1.54) is 7.11 Å². The van der Waals surface area contributed by atoms with Crippen LogP contribution in [-0.4, -0.2) is 43.2 Å². The molecule has 0 saturated carbocycles. The van der Waals surface area contributed by atoms with E-state index >= 15 is 0 Å². The summed E-state index contributed by atoms with van der Waals surface area (Å²) in [6.07, 6.45) is 1.65. The van der Waals surface area contributed by atoms with E-state index in [2.05, 4.69) is 0 Å². The molecule has 8 nitrogen and oxygen atoms in total. The second-order valence-electron chi connectivity index (χ2n) is 8.49. The van der Waals surface area contributed by atoms with Crippen molar-refractivity contribution in [1.82, 2.24) is 4.90 Å². The Morgan fingerprint density at radius 1 is 0.974 bits per heavy atom. The van der Waals surface area contributed by atoms with Gasteiger partial charge in [0.1, 0.15) is 19.0 Å². The quantitative estimate of drug-likeness (QED) is 0.233. The molecule has 0 unspecified atom stereocenters. The Hall–Kier alpha value is -3.82. The number of imide groups is 1. The van der Waals surface area contributed by atoms with Crippen LogP contribution < -0.4 is 23.7 Å². The lowest BCUT2D eigenvalue weighted by Crippen LogP contribution is -2.27. The number of nitrogens with zero attached hydrogens (tertiary/aromatic N) is 1. The van der Waals surface area contributed by atoms with Gasteiger partial charge in [-0.3, -0.25) is 14.5 Å². The number of methoxy groups -OCH3 is 1. The van der Waals surface area contributed by atoms with Gasteiger partial charge in [0.15, 0.2) is 23.0 Å². The lowest BCUT2D eigenvalue weighted by molar-refractivity contribution is -0.123. The summed E-state index contributed by atoms with van der Waals surface area (Å²) in [6.45, 7) is 2.84. The number of hydrogen-bond acceptors (Lipinski definition) is 8. The Morgan fingerprint density at radius 2 is 1.71 bits per heavy atom. The molecule has 1 fully saturated rings. The molecule has 2 aliphatic heterocycles. The molecule has 0 bridgehead atoms. The van der Waals surface area contributed by atoms with Crippen molar-refractivity contribution in [3.05, 3.63) is 81.2 Å². The van der Waals surface area contributed by atoms with Gasteiger partial charge in [0, 0.05) is 11.1 Å². The predicted octanol–water partition coefficient (Wildman–Crippen LogP) is 6.08. The van der Waals surface area contributed by atoms with Gasteiger partial charge in [-0.05, 0) is 66.2 Å². The van der Waals surface area contributed by atoms with E-state index in [1.54, 1.807) is 36.4 Å². The molecular formula is C28H24ClNO7S. The first-order valence-electron chi connectivity index (χ1n) is 11.7. The van der Waals surface area contributed by atoms with Gasteiger partial charge in [-0.1, -0.05) is 35.4 Å². The lowest BCUT2D eigenvalue weighted by atomic mass is 10.1. The third-order valence-electron chi connectivity index (χ3n) is 5.86. The van der Waals surface area contributed by atoms with Gasteiger partial charge in [0.25, 0.3) is 11.1 Å². The van der Waals surface area contributed by atoms with Crippen molar-refractivity contribution in [2.24, 2.45) is 0 Å². The number of aryl methyl sites for hydroxylation is 1. The fourth-order valence-corrected chi connectivity index (χ4v) is 4.93. The molecule has 0 atom stereocenters. The smallest absolute Gasteiger partial charge is 0.293 e. The molecule has 0 aromatic heterocycles. The number of hydrogen-bond donors (Lipinski definition) is 0. The number of fused-ring (bicyclic) bond motifs is 1. The van der Waals surface area contributed by atoms with Crippen molar-refractivity contribution < 1.29 is 33.3 Å². The average molecular weight is 554 g/mol. The molecular weight excluding hydrogens is 530 g/mol. The van der Waals surface area contributed by atoms with Crippen LogP contribution in [0.15, 0.2) is 59.5 Å². The van der Waals surface area contributed by atoms with Gasteiger partial charge in [0.05, 0.1) is 18.6 Å². The maximum atomic E-state index is 13.0. The fraction of sp³-hybridized carbons (Fsp3) is 0.214. The van der Waals surface area contributed by atoms with Gasteiger partial charge in [-0.15, -0.1) is 0 Å². The van der Waals surface area contributed by atoms with E-state index in [4.69, 9.17) is 35.3 Å². The Balaban J connectivity index is 1.23.